The smallest absolute Gasteiger partial charge is 0.275 e. The van der Waals surface area contributed by atoms with Gasteiger partial charge in [-0.3, -0.25) is 15.1 Å². The summed E-state index contributed by atoms with van der Waals surface area (Å²) in [7, 11) is 4.33. The van der Waals surface area contributed by atoms with E-state index in [-0.39, 0.29) is 5.91 Å². The molecule has 1 fully saturated rings. The lowest BCUT2D eigenvalue weighted by molar-refractivity contribution is 0.0957. The molecule has 0 aliphatic carbocycles. The molecular weight excluding hydrogens is 260 g/mol. The van der Waals surface area contributed by atoms with E-state index in [0.717, 1.165) is 13.1 Å². The van der Waals surface area contributed by atoms with Crippen molar-refractivity contribution in [2.45, 2.75) is 25.4 Å². The zero-order valence-corrected chi connectivity index (χ0v) is 12.4. The third-order valence-electron chi connectivity index (χ3n) is 3.64. The van der Waals surface area contributed by atoms with E-state index in [0.29, 0.717) is 10.9 Å². The maximum Gasteiger partial charge on any atom is 0.275 e. The van der Waals surface area contributed by atoms with Gasteiger partial charge in [-0.2, -0.15) is 0 Å². The van der Waals surface area contributed by atoms with Crippen molar-refractivity contribution >= 4 is 17.2 Å². The Morgan fingerprint density at radius 1 is 1.63 bits per heavy atom. The van der Waals surface area contributed by atoms with Crippen molar-refractivity contribution in [3.8, 4) is 0 Å². The molecule has 0 spiro atoms. The number of carbonyl (C=O) groups excluding carboxylic acids is 1. The van der Waals surface area contributed by atoms with Crippen molar-refractivity contribution in [3.63, 3.8) is 0 Å². The standard InChI is InChI=1S/C13H22N4OS/c1-16(8-10-4-3-7-17(10)2)9-11-5-6-12(19-11)13(18)15-14/h5-6,10H,3-4,7-9,14H2,1-2H3,(H,15,18). The van der Waals surface area contributed by atoms with Gasteiger partial charge in [0.15, 0.2) is 0 Å². The van der Waals surface area contributed by atoms with Gasteiger partial charge in [0.1, 0.15) is 0 Å². The second-order valence-corrected chi connectivity index (χ2v) is 6.38. The molecule has 6 heteroatoms. The fourth-order valence-corrected chi connectivity index (χ4v) is 3.55. The minimum Gasteiger partial charge on any atom is -0.302 e. The van der Waals surface area contributed by atoms with E-state index in [2.05, 4.69) is 29.3 Å². The Hall–Kier alpha value is -0.950. The van der Waals surface area contributed by atoms with Crippen molar-refractivity contribution in [2.24, 2.45) is 5.84 Å². The number of nitrogen functional groups attached to an aromatic ring is 1. The number of carbonyl (C=O) groups is 1. The number of nitrogens with two attached hydrogens (primary N) is 1. The van der Waals surface area contributed by atoms with E-state index in [1.54, 1.807) is 0 Å². The summed E-state index contributed by atoms with van der Waals surface area (Å²) in [4.78, 5) is 18.0. The molecule has 1 atom stereocenters. The molecule has 1 aromatic rings. The molecule has 3 N–H and O–H groups in total. The molecule has 1 amide bonds. The highest BCUT2D eigenvalue weighted by atomic mass is 32.1. The third kappa shape index (κ3) is 3.76. The number of hydrogen-bond acceptors (Lipinski definition) is 5. The molecule has 0 saturated carbocycles. The normalized spacial score (nSPS) is 20.1. The van der Waals surface area contributed by atoms with Crippen LogP contribution in [0.25, 0.3) is 0 Å². The van der Waals surface area contributed by atoms with Crippen LogP contribution in [0.1, 0.15) is 27.4 Å². The zero-order chi connectivity index (χ0) is 13.8. The number of likely N-dealkylation sites (N-methyl/N-ethyl adjacent to an activating group) is 2. The first kappa shape index (κ1) is 14.5. The van der Waals surface area contributed by atoms with E-state index >= 15 is 0 Å². The van der Waals surface area contributed by atoms with Crippen molar-refractivity contribution in [3.05, 3.63) is 21.9 Å². The Morgan fingerprint density at radius 2 is 2.42 bits per heavy atom. The topological polar surface area (TPSA) is 61.6 Å². The van der Waals surface area contributed by atoms with Crippen LogP contribution in [0.15, 0.2) is 12.1 Å². The van der Waals surface area contributed by atoms with Crippen molar-refractivity contribution < 1.29 is 4.79 Å². The molecular formula is C13H22N4OS. The number of hydrogen-bond donors (Lipinski definition) is 2. The van der Waals surface area contributed by atoms with Crippen LogP contribution >= 0.6 is 11.3 Å². The van der Waals surface area contributed by atoms with E-state index < -0.39 is 0 Å². The average Bonchev–Trinajstić information content (AvgIpc) is 2.99. The summed E-state index contributed by atoms with van der Waals surface area (Å²) in [5.41, 5.74) is 2.16. The van der Waals surface area contributed by atoms with Crippen molar-refractivity contribution in [1.29, 1.82) is 0 Å². The molecule has 0 radical (unpaired) electrons. The Labute approximate surface area is 118 Å². The summed E-state index contributed by atoms with van der Waals surface area (Å²) in [6.45, 7) is 3.16. The van der Waals surface area contributed by atoms with Gasteiger partial charge in [0, 0.05) is 24.0 Å². The van der Waals surface area contributed by atoms with Gasteiger partial charge >= 0.3 is 0 Å². The quantitative estimate of drug-likeness (QED) is 0.478. The van der Waals surface area contributed by atoms with Crippen molar-refractivity contribution in [2.75, 3.05) is 27.2 Å². The molecule has 5 nitrogen and oxygen atoms in total. The molecule has 106 valence electrons. The fraction of sp³-hybridized carbons (Fsp3) is 0.615. The summed E-state index contributed by atoms with van der Waals surface area (Å²) < 4.78 is 0. The lowest BCUT2D eigenvalue weighted by Crippen LogP contribution is -2.36. The molecule has 0 aromatic carbocycles. The van der Waals surface area contributed by atoms with Gasteiger partial charge in [-0.1, -0.05) is 0 Å². The Bertz CT molecular complexity index is 434. The van der Waals surface area contributed by atoms with Crippen LogP contribution in [0.5, 0.6) is 0 Å². The summed E-state index contributed by atoms with van der Waals surface area (Å²) in [6, 6.07) is 4.50. The number of hydrazine groups is 1. The van der Waals surface area contributed by atoms with Crippen LogP contribution in [-0.2, 0) is 6.54 Å². The van der Waals surface area contributed by atoms with Crippen LogP contribution in [0.2, 0.25) is 0 Å². The number of thiophene rings is 1. The van der Waals surface area contributed by atoms with Crippen LogP contribution in [-0.4, -0.2) is 48.9 Å². The van der Waals surface area contributed by atoms with Crippen LogP contribution in [0.4, 0.5) is 0 Å². The van der Waals surface area contributed by atoms with Gasteiger partial charge in [0.2, 0.25) is 0 Å². The molecule has 0 bridgehead atoms. The first-order valence-electron chi connectivity index (χ1n) is 6.58. The number of nitrogens with zero attached hydrogens (tertiary/aromatic N) is 2. The molecule has 1 aromatic heterocycles. The minimum atomic E-state index is -0.213. The molecule has 2 rings (SSSR count). The second kappa shape index (κ2) is 6.47. The molecule has 1 saturated heterocycles. The number of rotatable bonds is 5. The largest absolute Gasteiger partial charge is 0.302 e. The highest BCUT2D eigenvalue weighted by Crippen LogP contribution is 2.20. The minimum absolute atomic E-state index is 0.213. The van der Waals surface area contributed by atoms with Gasteiger partial charge in [-0.05, 0) is 45.6 Å². The molecule has 1 aliphatic heterocycles. The highest BCUT2D eigenvalue weighted by molar-refractivity contribution is 7.14. The fourth-order valence-electron chi connectivity index (χ4n) is 2.56. The van der Waals surface area contributed by atoms with Crippen LogP contribution in [0.3, 0.4) is 0 Å². The average molecular weight is 282 g/mol. The van der Waals surface area contributed by atoms with Crippen LogP contribution in [0, 0.1) is 0 Å². The zero-order valence-electron chi connectivity index (χ0n) is 11.6. The summed E-state index contributed by atoms with van der Waals surface area (Å²) in [6.07, 6.45) is 2.58. The number of likely N-dealkylation sites (tertiary alicyclic amines) is 1. The Morgan fingerprint density at radius 3 is 3.05 bits per heavy atom. The SMILES string of the molecule is CN(Cc1ccc(C(=O)NN)s1)CC1CCCN1C. The second-order valence-electron chi connectivity index (χ2n) is 5.21. The van der Waals surface area contributed by atoms with Crippen LogP contribution < -0.4 is 11.3 Å². The van der Waals surface area contributed by atoms with E-state index in [4.69, 9.17) is 5.84 Å². The van der Waals surface area contributed by atoms with E-state index in [1.807, 2.05) is 12.1 Å². The summed E-state index contributed by atoms with van der Waals surface area (Å²) in [5.74, 6) is 4.92. The highest BCUT2D eigenvalue weighted by Gasteiger charge is 2.22. The maximum atomic E-state index is 11.4. The van der Waals surface area contributed by atoms with Gasteiger partial charge in [-0.25, -0.2) is 5.84 Å². The lowest BCUT2D eigenvalue weighted by atomic mass is 10.2. The number of amides is 1. The maximum absolute atomic E-state index is 11.4. The van der Waals surface area contributed by atoms with E-state index in [9.17, 15) is 4.79 Å². The van der Waals surface area contributed by atoms with Gasteiger partial charge in [0.05, 0.1) is 4.88 Å². The summed E-state index contributed by atoms with van der Waals surface area (Å²) >= 11 is 1.51. The molecule has 19 heavy (non-hydrogen) atoms. The first-order chi connectivity index (χ1) is 9.10. The first-order valence-corrected chi connectivity index (χ1v) is 7.40. The lowest BCUT2D eigenvalue weighted by Gasteiger charge is -2.25. The predicted molar refractivity (Wildman–Crippen MR) is 78.0 cm³/mol. The molecule has 1 aliphatic rings. The van der Waals surface area contributed by atoms with Crippen molar-refractivity contribution in [1.82, 2.24) is 15.2 Å². The monoisotopic (exact) mass is 282 g/mol. The summed E-state index contributed by atoms with van der Waals surface area (Å²) in [5, 5.41) is 0. The van der Waals surface area contributed by atoms with E-state index in [1.165, 1.54) is 35.6 Å². The third-order valence-corrected chi connectivity index (χ3v) is 4.70. The predicted octanol–water partition coefficient (Wildman–Crippen LogP) is 0.878. The Balaban J connectivity index is 1.86. The van der Waals surface area contributed by atoms with Gasteiger partial charge in [-0.15, -0.1) is 11.3 Å². The number of nitrogens with one attached hydrogen (secondary N) is 1. The van der Waals surface area contributed by atoms with Gasteiger partial charge in [0.25, 0.3) is 5.91 Å². The molecule has 2 heterocycles. The van der Waals surface area contributed by atoms with Gasteiger partial charge < -0.3 is 4.90 Å². The Kier molecular flexibility index (Phi) is 4.93. The molecule has 1 unspecified atom stereocenters.